The average molecular weight is 107 g/mol. The molecule has 0 heterocycles. The van der Waals surface area contributed by atoms with Gasteiger partial charge in [0.25, 0.3) is 0 Å². The molecular weight excluding hydrogens is 102 g/mol. The average Bonchev–Trinajstić information content (AvgIpc) is 1.61. The number of nitrogens with zero attached hydrogens (tertiary/aromatic N) is 1. The van der Waals surface area contributed by atoms with Crippen molar-refractivity contribution in [2.45, 2.75) is 13.2 Å². The Balaban J connectivity index is 2.81. The van der Waals surface area contributed by atoms with Gasteiger partial charge in [0.2, 0.25) is 0 Å². The zero-order valence-electron chi connectivity index (χ0n) is 3.70. The minimum absolute atomic E-state index is 1.11. The van der Waals surface area contributed by atoms with Crippen LogP contribution in [0.5, 0.6) is 0 Å². The third-order valence-electron chi connectivity index (χ3n) is 0.213. The van der Waals surface area contributed by atoms with Crippen molar-refractivity contribution in [2.75, 3.05) is 0 Å². The monoisotopic (exact) mass is 107 g/mol. The highest BCUT2D eigenvalue weighted by atomic mass is 17.3. The number of rotatable bonds is 3. The van der Waals surface area contributed by atoms with Gasteiger partial charge < -0.3 is 5.11 Å². The summed E-state index contributed by atoms with van der Waals surface area (Å²) in [5.41, 5.74) is 0. The fraction of sp³-hybridized carbons (Fsp3) is 1.00. The SMILES string of the molecule is CC(O)OON=O. The normalized spacial score (nSPS) is 12.9. The van der Waals surface area contributed by atoms with E-state index in [-0.39, 0.29) is 0 Å². The molecule has 0 spiro atoms. The Morgan fingerprint density at radius 1 is 1.86 bits per heavy atom. The minimum atomic E-state index is -1.11. The molecule has 0 radical (unpaired) electrons. The molecule has 1 atom stereocenters. The van der Waals surface area contributed by atoms with E-state index in [0.717, 1.165) is 0 Å². The van der Waals surface area contributed by atoms with Crippen LogP contribution in [0, 0.1) is 4.91 Å². The minimum Gasteiger partial charge on any atom is -0.365 e. The number of hydrogen-bond acceptors (Lipinski definition) is 5. The lowest BCUT2D eigenvalue weighted by Crippen LogP contribution is -2.03. The van der Waals surface area contributed by atoms with Gasteiger partial charge in [-0.3, -0.25) is 0 Å². The maximum Gasteiger partial charge on any atom is 0.200 e. The van der Waals surface area contributed by atoms with Gasteiger partial charge in [-0.1, -0.05) is 0 Å². The van der Waals surface area contributed by atoms with Gasteiger partial charge in [-0.2, -0.15) is 4.99 Å². The van der Waals surface area contributed by atoms with Crippen molar-refractivity contribution in [3.8, 4) is 0 Å². The molecule has 1 N–H and O–H groups in total. The summed E-state index contributed by atoms with van der Waals surface area (Å²) in [5, 5.41) is 9.98. The molecule has 5 nitrogen and oxygen atoms in total. The van der Waals surface area contributed by atoms with Gasteiger partial charge in [0.1, 0.15) is 0 Å². The van der Waals surface area contributed by atoms with Crippen LogP contribution in [0.25, 0.3) is 0 Å². The van der Waals surface area contributed by atoms with Crippen molar-refractivity contribution in [1.82, 2.24) is 0 Å². The summed E-state index contributed by atoms with van der Waals surface area (Å²) in [6.07, 6.45) is -1.11. The van der Waals surface area contributed by atoms with Crippen molar-refractivity contribution in [3.63, 3.8) is 0 Å². The van der Waals surface area contributed by atoms with E-state index in [1.165, 1.54) is 6.92 Å². The van der Waals surface area contributed by atoms with E-state index in [1.54, 1.807) is 0 Å². The third kappa shape index (κ3) is 5.32. The zero-order valence-corrected chi connectivity index (χ0v) is 3.70. The largest absolute Gasteiger partial charge is 0.365 e. The smallest absolute Gasteiger partial charge is 0.200 e. The van der Waals surface area contributed by atoms with E-state index in [9.17, 15) is 0 Å². The van der Waals surface area contributed by atoms with Crippen LogP contribution in [0.2, 0.25) is 0 Å². The van der Waals surface area contributed by atoms with E-state index >= 15 is 0 Å². The van der Waals surface area contributed by atoms with Crippen molar-refractivity contribution in [2.24, 2.45) is 5.34 Å². The second kappa shape index (κ2) is 3.51. The molecule has 5 heteroatoms. The first-order valence-corrected chi connectivity index (χ1v) is 1.60. The topological polar surface area (TPSA) is 68.1 Å². The van der Waals surface area contributed by atoms with Crippen LogP contribution in [0.1, 0.15) is 6.92 Å². The molecule has 0 aliphatic carbocycles. The maximum atomic E-state index is 9.00. The Kier molecular flexibility index (Phi) is 3.17. The van der Waals surface area contributed by atoms with E-state index in [1.807, 2.05) is 5.34 Å². The van der Waals surface area contributed by atoms with Crippen LogP contribution in [0.4, 0.5) is 0 Å². The van der Waals surface area contributed by atoms with Crippen LogP contribution in [0.15, 0.2) is 5.34 Å². The van der Waals surface area contributed by atoms with Crippen LogP contribution in [-0.2, 0) is 9.88 Å². The van der Waals surface area contributed by atoms with Gasteiger partial charge in [0.15, 0.2) is 11.6 Å². The highest BCUT2D eigenvalue weighted by Crippen LogP contribution is 1.83. The molecule has 0 saturated carbocycles. The predicted octanol–water partition coefficient (Wildman–Crippen LogP) is -0.0457. The van der Waals surface area contributed by atoms with Gasteiger partial charge in [0.05, 0.1) is 0 Å². The molecule has 42 valence electrons. The molecule has 0 aliphatic rings. The summed E-state index contributed by atoms with van der Waals surface area (Å²) in [6, 6.07) is 0. The summed E-state index contributed by atoms with van der Waals surface area (Å²) in [6.45, 7) is 1.28. The molecule has 1 unspecified atom stereocenters. The van der Waals surface area contributed by atoms with Crippen molar-refractivity contribution in [1.29, 1.82) is 0 Å². The Morgan fingerprint density at radius 2 is 2.43 bits per heavy atom. The Hall–Kier alpha value is -0.680. The first kappa shape index (κ1) is 6.32. The van der Waals surface area contributed by atoms with E-state index in [2.05, 4.69) is 9.88 Å². The third-order valence-corrected chi connectivity index (χ3v) is 0.213. The van der Waals surface area contributed by atoms with E-state index in [0.29, 0.717) is 0 Å². The molecule has 7 heavy (non-hydrogen) atoms. The fourth-order valence-corrected chi connectivity index (χ4v) is 0.0798. The standard InChI is InChI=1S/C2H5NO4/c1-2(4)6-7-3-5/h2,4H,1H3. The molecular formula is C2H5NO4. The van der Waals surface area contributed by atoms with Crippen LogP contribution < -0.4 is 0 Å². The molecule has 0 saturated heterocycles. The molecule has 0 aliphatic heterocycles. The summed E-state index contributed by atoms with van der Waals surface area (Å²) >= 11 is 0. The quantitative estimate of drug-likeness (QED) is 0.237. The fourth-order valence-electron chi connectivity index (χ4n) is 0.0798. The summed E-state index contributed by atoms with van der Waals surface area (Å²) in [4.78, 5) is 16.2. The molecule has 0 aromatic rings. The molecule has 0 amide bonds. The second-order valence-corrected chi connectivity index (χ2v) is 0.845. The summed E-state index contributed by atoms with van der Waals surface area (Å²) in [5.74, 6) is 0. The van der Waals surface area contributed by atoms with Crippen LogP contribution in [0.3, 0.4) is 0 Å². The predicted molar refractivity (Wildman–Crippen MR) is 19.6 cm³/mol. The van der Waals surface area contributed by atoms with Gasteiger partial charge in [-0.05, 0) is 6.92 Å². The van der Waals surface area contributed by atoms with Gasteiger partial charge >= 0.3 is 0 Å². The van der Waals surface area contributed by atoms with Crippen molar-refractivity contribution >= 4 is 0 Å². The lowest BCUT2D eigenvalue weighted by atomic mass is 10.8. The van der Waals surface area contributed by atoms with E-state index < -0.39 is 6.29 Å². The Bertz CT molecular complexity index is 53.7. The summed E-state index contributed by atoms with van der Waals surface area (Å²) in [7, 11) is 0. The highest BCUT2D eigenvalue weighted by molar-refractivity contribution is 4.08. The number of aliphatic hydroxyl groups excluding tert-OH is 1. The molecule has 0 rings (SSSR count). The first-order chi connectivity index (χ1) is 3.27. The van der Waals surface area contributed by atoms with Crippen LogP contribution in [-0.4, -0.2) is 11.4 Å². The first-order valence-electron chi connectivity index (χ1n) is 1.60. The summed E-state index contributed by atoms with van der Waals surface area (Å²) < 4.78 is 0. The molecule has 0 aromatic heterocycles. The Morgan fingerprint density at radius 3 is 2.57 bits per heavy atom. The maximum absolute atomic E-state index is 9.00. The van der Waals surface area contributed by atoms with Gasteiger partial charge in [-0.25, -0.2) is 0 Å². The Labute approximate surface area is 39.7 Å². The van der Waals surface area contributed by atoms with Crippen molar-refractivity contribution in [3.05, 3.63) is 4.91 Å². The number of hydrogen-bond donors (Lipinski definition) is 1. The van der Waals surface area contributed by atoms with Gasteiger partial charge in [0, 0.05) is 0 Å². The van der Waals surface area contributed by atoms with E-state index in [4.69, 9.17) is 10.0 Å². The van der Waals surface area contributed by atoms with Crippen molar-refractivity contribution < 1.29 is 15.0 Å². The lowest BCUT2D eigenvalue weighted by Gasteiger charge is -1.94. The second-order valence-electron chi connectivity index (χ2n) is 0.845. The highest BCUT2D eigenvalue weighted by Gasteiger charge is 1.91. The lowest BCUT2D eigenvalue weighted by molar-refractivity contribution is -0.367. The van der Waals surface area contributed by atoms with Gasteiger partial charge in [-0.15, -0.1) is 9.79 Å². The number of aliphatic hydroxyl groups is 1. The molecule has 0 fully saturated rings. The van der Waals surface area contributed by atoms with Crippen LogP contribution >= 0.6 is 0 Å². The molecule has 0 bridgehead atoms. The zero-order chi connectivity index (χ0) is 5.70. The molecule has 0 aromatic carbocycles.